The van der Waals surface area contributed by atoms with E-state index >= 15 is 0 Å². The monoisotopic (exact) mass is 225 g/mol. The first-order valence-electron chi connectivity index (χ1n) is 4.67. The molecule has 88 valence electrons. The summed E-state index contributed by atoms with van der Waals surface area (Å²) in [7, 11) is 3.45. The van der Waals surface area contributed by atoms with E-state index in [1.165, 1.54) is 0 Å². The van der Waals surface area contributed by atoms with E-state index in [0.29, 0.717) is 5.84 Å². The van der Waals surface area contributed by atoms with Gasteiger partial charge in [0.25, 0.3) is 0 Å². The van der Waals surface area contributed by atoms with Crippen molar-refractivity contribution in [3.05, 3.63) is 11.5 Å². The van der Waals surface area contributed by atoms with Crippen LogP contribution >= 0.6 is 0 Å². The molecule has 0 aliphatic carbocycles. The Morgan fingerprint density at radius 2 is 2.12 bits per heavy atom. The van der Waals surface area contributed by atoms with Crippen molar-refractivity contribution in [1.82, 2.24) is 4.90 Å². The molecular formula is C10H15N3O3. The summed E-state index contributed by atoms with van der Waals surface area (Å²) in [6.07, 6.45) is 0. The first kappa shape index (κ1) is 14.0. The average molecular weight is 225 g/mol. The van der Waals surface area contributed by atoms with Gasteiger partial charge in [-0.3, -0.25) is 0 Å². The van der Waals surface area contributed by atoms with E-state index in [1.54, 1.807) is 38.9 Å². The zero-order valence-corrected chi connectivity index (χ0v) is 9.81. The lowest BCUT2D eigenvalue weighted by Gasteiger charge is -2.10. The maximum absolute atomic E-state index is 11.2. The van der Waals surface area contributed by atoms with Gasteiger partial charge in [0, 0.05) is 14.1 Å². The first-order chi connectivity index (χ1) is 7.43. The second kappa shape index (κ2) is 6.45. The molecule has 6 heteroatoms. The number of nitrogens with zero attached hydrogens (tertiary/aromatic N) is 3. The van der Waals surface area contributed by atoms with E-state index in [-0.39, 0.29) is 6.61 Å². The molecule has 16 heavy (non-hydrogen) atoms. The number of aliphatic hydroxyl groups is 1. The van der Waals surface area contributed by atoms with Crippen LogP contribution in [0.5, 0.6) is 0 Å². The van der Waals surface area contributed by atoms with Crippen LogP contribution in [0.1, 0.15) is 13.8 Å². The van der Waals surface area contributed by atoms with E-state index < -0.39 is 17.4 Å². The summed E-state index contributed by atoms with van der Waals surface area (Å²) in [5.74, 6) is -1.04. The Bertz CT molecular complexity index is 364. The number of amidine groups is 1. The van der Waals surface area contributed by atoms with Gasteiger partial charge in [-0.25, -0.2) is 4.79 Å². The molecule has 0 fully saturated rings. The summed E-state index contributed by atoms with van der Waals surface area (Å²) in [5, 5.41) is 18.2. The molecule has 0 aromatic heterocycles. The third kappa shape index (κ3) is 4.00. The molecule has 0 unspecified atom stereocenters. The number of hydrogen-bond acceptors (Lipinski definition) is 5. The molecule has 0 saturated carbocycles. The highest BCUT2D eigenvalue weighted by atomic mass is 16.5. The van der Waals surface area contributed by atoms with Crippen LogP contribution in [-0.2, 0) is 9.53 Å². The number of ether oxygens (including phenoxy) is 1. The molecule has 0 aromatic rings. The standard InChI is InChI=1S/C10H15N3O3/c1-5-16-10(15)8(6-11)9(14)12-7(2)13(3)4/h14H,5H2,1-4H3. The van der Waals surface area contributed by atoms with E-state index in [2.05, 4.69) is 9.73 Å². The van der Waals surface area contributed by atoms with Gasteiger partial charge in [-0.15, -0.1) is 0 Å². The van der Waals surface area contributed by atoms with Crippen molar-refractivity contribution in [3.63, 3.8) is 0 Å². The van der Waals surface area contributed by atoms with E-state index in [9.17, 15) is 9.90 Å². The minimum absolute atomic E-state index is 0.133. The molecule has 1 N–H and O–H groups in total. The third-order valence-corrected chi connectivity index (χ3v) is 1.73. The Kier molecular flexibility index (Phi) is 5.63. The predicted octanol–water partition coefficient (Wildman–Crippen LogP) is 0.823. The molecule has 0 aliphatic rings. The Labute approximate surface area is 94.5 Å². The quantitative estimate of drug-likeness (QED) is 0.192. The van der Waals surface area contributed by atoms with Gasteiger partial charge >= 0.3 is 5.97 Å². The fourth-order valence-electron chi connectivity index (χ4n) is 0.699. The summed E-state index contributed by atoms with van der Waals surface area (Å²) in [6, 6.07) is 1.56. The molecule has 0 heterocycles. The Balaban J connectivity index is 5.12. The molecule has 6 nitrogen and oxygen atoms in total. The van der Waals surface area contributed by atoms with Crippen LogP contribution in [0.25, 0.3) is 0 Å². The molecule has 0 radical (unpaired) electrons. The van der Waals surface area contributed by atoms with Crippen LogP contribution in [0.3, 0.4) is 0 Å². The molecule has 0 saturated heterocycles. The highest BCUT2D eigenvalue weighted by molar-refractivity contribution is 5.93. The number of carbonyl (C=O) groups excluding carboxylic acids is 1. The van der Waals surface area contributed by atoms with Crippen LogP contribution in [0.4, 0.5) is 0 Å². The summed E-state index contributed by atoms with van der Waals surface area (Å²) in [4.78, 5) is 16.6. The van der Waals surface area contributed by atoms with Crippen LogP contribution in [0, 0.1) is 11.3 Å². The largest absolute Gasteiger partial charge is 0.492 e. The minimum atomic E-state index is -0.877. The third-order valence-electron chi connectivity index (χ3n) is 1.73. The number of carbonyl (C=O) groups is 1. The Hall–Kier alpha value is -2.03. The molecule has 0 rings (SSSR count). The lowest BCUT2D eigenvalue weighted by Crippen LogP contribution is -2.19. The van der Waals surface area contributed by atoms with Gasteiger partial charge in [0.2, 0.25) is 5.88 Å². The first-order valence-corrected chi connectivity index (χ1v) is 4.67. The van der Waals surface area contributed by atoms with Gasteiger partial charge in [0.05, 0.1) is 6.61 Å². The van der Waals surface area contributed by atoms with Crippen molar-refractivity contribution >= 4 is 11.8 Å². The van der Waals surface area contributed by atoms with Crippen LogP contribution in [0.2, 0.25) is 0 Å². The second-order valence-corrected chi connectivity index (χ2v) is 3.08. The highest BCUT2D eigenvalue weighted by Gasteiger charge is 2.16. The average Bonchev–Trinajstić information content (AvgIpc) is 2.18. The number of hydrogen-bond donors (Lipinski definition) is 1. The second-order valence-electron chi connectivity index (χ2n) is 3.08. The van der Waals surface area contributed by atoms with Gasteiger partial charge in [0.1, 0.15) is 11.9 Å². The molecule has 0 atom stereocenters. The van der Waals surface area contributed by atoms with Crippen molar-refractivity contribution in [2.75, 3.05) is 20.7 Å². The van der Waals surface area contributed by atoms with Crippen molar-refractivity contribution in [2.24, 2.45) is 4.99 Å². The maximum atomic E-state index is 11.2. The summed E-state index contributed by atoms with van der Waals surface area (Å²) in [6.45, 7) is 3.38. The topological polar surface area (TPSA) is 85.9 Å². The van der Waals surface area contributed by atoms with Gasteiger partial charge in [-0.2, -0.15) is 10.3 Å². The summed E-state index contributed by atoms with van der Waals surface area (Å²) < 4.78 is 4.60. The van der Waals surface area contributed by atoms with Crippen LogP contribution in [-0.4, -0.2) is 42.5 Å². The molecule has 0 aliphatic heterocycles. The number of nitriles is 1. The van der Waals surface area contributed by atoms with E-state index in [4.69, 9.17) is 5.26 Å². The molecular weight excluding hydrogens is 210 g/mol. The van der Waals surface area contributed by atoms with Crippen molar-refractivity contribution in [1.29, 1.82) is 5.26 Å². The number of aliphatic imine (C=N–C) groups is 1. The zero-order chi connectivity index (χ0) is 12.7. The normalized spacial score (nSPS) is 12.6. The fourth-order valence-corrected chi connectivity index (χ4v) is 0.699. The van der Waals surface area contributed by atoms with Gasteiger partial charge < -0.3 is 14.7 Å². The summed E-state index contributed by atoms with van der Waals surface area (Å²) >= 11 is 0. The van der Waals surface area contributed by atoms with Gasteiger partial charge in [0.15, 0.2) is 5.57 Å². The minimum Gasteiger partial charge on any atom is -0.492 e. The molecule has 0 spiro atoms. The van der Waals surface area contributed by atoms with E-state index in [1.807, 2.05) is 0 Å². The number of aliphatic hydroxyl groups excluding tert-OH is 1. The highest BCUT2D eigenvalue weighted by Crippen LogP contribution is 2.05. The Morgan fingerprint density at radius 1 is 1.56 bits per heavy atom. The zero-order valence-electron chi connectivity index (χ0n) is 9.81. The van der Waals surface area contributed by atoms with Gasteiger partial charge in [-0.05, 0) is 13.8 Å². The summed E-state index contributed by atoms with van der Waals surface area (Å²) in [5.41, 5.74) is -0.497. The van der Waals surface area contributed by atoms with Crippen LogP contribution < -0.4 is 0 Å². The molecule has 0 amide bonds. The molecule has 0 bridgehead atoms. The smallest absolute Gasteiger partial charge is 0.354 e. The lowest BCUT2D eigenvalue weighted by atomic mass is 10.3. The van der Waals surface area contributed by atoms with Gasteiger partial charge in [-0.1, -0.05) is 0 Å². The van der Waals surface area contributed by atoms with Crippen molar-refractivity contribution in [3.8, 4) is 6.07 Å². The van der Waals surface area contributed by atoms with E-state index in [0.717, 1.165) is 0 Å². The lowest BCUT2D eigenvalue weighted by molar-refractivity contribution is -0.138. The predicted molar refractivity (Wildman–Crippen MR) is 58.7 cm³/mol. The number of rotatable bonds is 3. The fraction of sp³-hybridized carbons (Fsp3) is 0.500. The Morgan fingerprint density at radius 3 is 2.50 bits per heavy atom. The molecule has 0 aromatic carbocycles. The maximum Gasteiger partial charge on any atom is 0.354 e. The van der Waals surface area contributed by atoms with Crippen molar-refractivity contribution < 1.29 is 14.6 Å². The van der Waals surface area contributed by atoms with Crippen molar-refractivity contribution in [2.45, 2.75) is 13.8 Å². The number of esters is 1. The SMILES string of the molecule is CCOC(=O)C(C#N)=C(O)N=C(C)N(C)C. The van der Waals surface area contributed by atoms with Crippen LogP contribution in [0.15, 0.2) is 16.4 Å².